The summed E-state index contributed by atoms with van der Waals surface area (Å²) in [6, 6.07) is 12.9. The SMILES string of the molecule is O=C(Cn1nnc(-c2ccccc2Cl)n1)N/N=C/c1cccc([N+](=O)[O-])c1. The number of hydrogen-bond acceptors (Lipinski definition) is 7. The summed E-state index contributed by atoms with van der Waals surface area (Å²) >= 11 is 6.07. The highest BCUT2D eigenvalue weighted by molar-refractivity contribution is 6.33. The van der Waals surface area contributed by atoms with Crippen molar-refractivity contribution in [2.75, 3.05) is 0 Å². The van der Waals surface area contributed by atoms with E-state index in [-0.39, 0.29) is 12.2 Å². The molecule has 0 radical (unpaired) electrons. The topological polar surface area (TPSA) is 128 Å². The van der Waals surface area contributed by atoms with E-state index in [2.05, 4.69) is 25.9 Å². The average molecular weight is 386 g/mol. The number of nitrogens with zero attached hydrogens (tertiary/aromatic N) is 6. The summed E-state index contributed by atoms with van der Waals surface area (Å²) in [5.41, 5.74) is 3.31. The molecule has 0 saturated carbocycles. The number of non-ortho nitro benzene ring substituents is 1. The van der Waals surface area contributed by atoms with Crippen molar-refractivity contribution < 1.29 is 9.72 Å². The zero-order valence-corrected chi connectivity index (χ0v) is 14.4. The maximum atomic E-state index is 11.9. The maximum Gasteiger partial charge on any atom is 0.270 e. The second kappa shape index (κ2) is 8.15. The molecule has 11 heteroatoms. The van der Waals surface area contributed by atoms with Crippen LogP contribution < -0.4 is 5.43 Å². The van der Waals surface area contributed by atoms with Gasteiger partial charge in [0.1, 0.15) is 6.54 Å². The number of nitro groups is 1. The number of aromatic nitrogens is 4. The van der Waals surface area contributed by atoms with Crippen LogP contribution in [-0.2, 0) is 11.3 Å². The van der Waals surface area contributed by atoms with Gasteiger partial charge >= 0.3 is 0 Å². The van der Waals surface area contributed by atoms with Gasteiger partial charge in [0.2, 0.25) is 5.82 Å². The summed E-state index contributed by atoms with van der Waals surface area (Å²) in [7, 11) is 0. The first-order valence-corrected chi connectivity index (χ1v) is 8.00. The molecule has 1 heterocycles. The molecule has 1 aromatic heterocycles. The molecule has 0 spiro atoms. The summed E-state index contributed by atoms with van der Waals surface area (Å²) < 4.78 is 0. The third kappa shape index (κ3) is 4.70. The highest BCUT2D eigenvalue weighted by atomic mass is 35.5. The van der Waals surface area contributed by atoms with Gasteiger partial charge in [0, 0.05) is 23.3 Å². The van der Waals surface area contributed by atoms with Crippen LogP contribution in [-0.4, -0.2) is 37.3 Å². The van der Waals surface area contributed by atoms with Gasteiger partial charge in [-0.2, -0.15) is 9.90 Å². The van der Waals surface area contributed by atoms with Crippen LogP contribution in [0.3, 0.4) is 0 Å². The standard InChI is InChI=1S/C16H12ClN7O3/c17-14-7-2-1-6-13(14)16-20-22-23(21-16)10-15(25)19-18-9-11-4-3-5-12(8-11)24(26)27/h1-9H,10H2,(H,19,25)/b18-9+. The zero-order chi connectivity index (χ0) is 19.2. The molecule has 3 aromatic rings. The second-order valence-electron chi connectivity index (χ2n) is 5.27. The van der Waals surface area contributed by atoms with Gasteiger partial charge in [-0.25, -0.2) is 5.43 Å². The molecule has 0 fully saturated rings. The number of nitro benzene ring substituents is 1. The van der Waals surface area contributed by atoms with E-state index in [0.29, 0.717) is 22.0 Å². The zero-order valence-electron chi connectivity index (χ0n) is 13.7. The van der Waals surface area contributed by atoms with Gasteiger partial charge in [-0.3, -0.25) is 14.9 Å². The van der Waals surface area contributed by atoms with E-state index in [1.807, 2.05) is 0 Å². The molecule has 1 N–H and O–H groups in total. The van der Waals surface area contributed by atoms with Crippen molar-refractivity contribution in [1.29, 1.82) is 0 Å². The monoisotopic (exact) mass is 385 g/mol. The number of hydrazone groups is 1. The first kappa shape index (κ1) is 18.1. The van der Waals surface area contributed by atoms with Crippen LogP contribution in [0.4, 0.5) is 5.69 Å². The van der Waals surface area contributed by atoms with Gasteiger partial charge < -0.3 is 0 Å². The van der Waals surface area contributed by atoms with E-state index in [4.69, 9.17) is 11.6 Å². The van der Waals surface area contributed by atoms with Gasteiger partial charge in [-0.15, -0.1) is 10.2 Å². The predicted octanol–water partition coefficient (Wildman–Crippen LogP) is 2.05. The summed E-state index contributed by atoms with van der Waals surface area (Å²) in [5, 5.41) is 26.7. The van der Waals surface area contributed by atoms with Crippen molar-refractivity contribution >= 4 is 29.4 Å². The molecule has 136 valence electrons. The van der Waals surface area contributed by atoms with Crippen molar-refractivity contribution in [2.24, 2.45) is 5.10 Å². The van der Waals surface area contributed by atoms with Gasteiger partial charge in [-0.1, -0.05) is 35.9 Å². The maximum absolute atomic E-state index is 11.9. The Bertz CT molecular complexity index is 1020. The Morgan fingerprint density at radius 1 is 1.30 bits per heavy atom. The third-order valence-electron chi connectivity index (χ3n) is 3.34. The summed E-state index contributed by atoms with van der Waals surface area (Å²) in [6.45, 7) is -0.205. The molecule has 0 unspecified atom stereocenters. The lowest BCUT2D eigenvalue weighted by molar-refractivity contribution is -0.384. The number of carbonyl (C=O) groups is 1. The van der Waals surface area contributed by atoms with E-state index in [9.17, 15) is 14.9 Å². The molecule has 0 aliphatic heterocycles. The van der Waals surface area contributed by atoms with Crippen LogP contribution in [0.5, 0.6) is 0 Å². The van der Waals surface area contributed by atoms with Gasteiger partial charge in [0.05, 0.1) is 16.2 Å². The van der Waals surface area contributed by atoms with E-state index in [1.54, 1.807) is 30.3 Å². The fourth-order valence-electron chi connectivity index (χ4n) is 2.12. The molecule has 0 aliphatic rings. The van der Waals surface area contributed by atoms with E-state index in [0.717, 1.165) is 4.80 Å². The molecular weight excluding hydrogens is 374 g/mol. The van der Waals surface area contributed by atoms with Crippen LogP contribution >= 0.6 is 11.6 Å². The lowest BCUT2D eigenvalue weighted by Gasteiger charge is -1.99. The number of halogens is 1. The Morgan fingerprint density at radius 2 is 2.11 bits per heavy atom. The molecular formula is C16H12ClN7O3. The van der Waals surface area contributed by atoms with E-state index < -0.39 is 10.8 Å². The number of carbonyl (C=O) groups excluding carboxylic acids is 1. The van der Waals surface area contributed by atoms with Gasteiger partial charge in [-0.05, 0) is 17.3 Å². The van der Waals surface area contributed by atoms with Crippen LogP contribution in [0, 0.1) is 10.1 Å². The van der Waals surface area contributed by atoms with Crippen molar-refractivity contribution in [2.45, 2.75) is 6.54 Å². The fourth-order valence-corrected chi connectivity index (χ4v) is 2.34. The van der Waals surface area contributed by atoms with Gasteiger partial charge in [0.25, 0.3) is 11.6 Å². The molecule has 27 heavy (non-hydrogen) atoms. The van der Waals surface area contributed by atoms with Crippen LogP contribution in [0.25, 0.3) is 11.4 Å². The minimum atomic E-state index is -0.511. The van der Waals surface area contributed by atoms with Gasteiger partial charge in [0.15, 0.2) is 0 Å². The quantitative estimate of drug-likeness (QED) is 0.393. The molecule has 0 atom stereocenters. The predicted molar refractivity (Wildman–Crippen MR) is 97.1 cm³/mol. The van der Waals surface area contributed by atoms with Crippen molar-refractivity contribution in [3.05, 3.63) is 69.2 Å². The number of rotatable bonds is 6. The smallest absolute Gasteiger partial charge is 0.270 e. The first-order valence-electron chi connectivity index (χ1n) is 7.62. The molecule has 1 amide bonds. The molecule has 3 rings (SSSR count). The normalized spacial score (nSPS) is 10.9. The number of nitrogens with one attached hydrogen (secondary N) is 1. The highest BCUT2D eigenvalue weighted by Gasteiger charge is 2.11. The van der Waals surface area contributed by atoms with Crippen LogP contribution in [0.1, 0.15) is 5.56 Å². The third-order valence-corrected chi connectivity index (χ3v) is 3.67. The molecule has 0 bridgehead atoms. The highest BCUT2D eigenvalue weighted by Crippen LogP contribution is 2.23. The summed E-state index contributed by atoms with van der Waals surface area (Å²) in [4.78, 5) is 23.2. The minimum absolute atomic E-state index is 0.0656. The van der Waals surface area contributed by atoms with Crippen molar-refractivity contribution in [3.63, 3.8) is 0 Å². The Labute approximate surface area is 157 Å². The summed E-state index contributed by atoms with van der Waals surface area (Å²) in [5.74, 6) is -0.187. The van der Waals surface area contributed by atoms with Crippen molar-refractivity contribution in [1.82, 2.24) is 25.6 Å². The lowest BCUT2D eigenvalue weighted by Crippen LogP contribution is -2.24. The Balaban J connectivity index is 1.59. The van der Waals surface area contributed by atoms with Crippen LogP contribution in [0.2, 0.25) is 5.02 Å². The number of tetrazole rings is 1. The number of hydrogen-bond donors (Lipinski definition) is 1. The average Bonchev–Trinajstić information content (AvgIpc) is 3.10. The number of benzene rings is 2. The molecule has 2 aromatic carbocycles. The van der Waals surface area contributed by atoms with E-state index in [1.165, 1.54) is 24.4 Å². The van der Waals surface area contributed by atoms with E-state index >= 15 is 0 Å². The number of amides is 1. The minimum Gasteiger partial charge on any atom is -0.271 e. The largest absolute Gasteiger partial charge is 0.271 e. The second-order valence-corrected chi connectivity index (χ2v) is 5.68. The molecule has 0 saturated heterocycles. The molecule has 0 aliphatic carbocycles. The Morgan fingerprint density at radius 3 is 2.89 bits per heavy atom. The molecule has 10 nitrogen and oxygen atoms in total. The first-order chi connectivity index (χ1) is 13.0. The summed E-state index contributed by atoms with van der Waals surface area (Å²) in [6.07, 6.45) is 1.30. The lowest BCUT2D eigenvalue weighted by atomic mass is 10.2. The Hall–Kier alpha value is -3.66. The Kier molecular flexibility index (Phi) is 5.47. The fraction of sp³-hybridized carbons (Fsp3) is 0.0625. The van der Waals surface area contributed by atoms with Crippen LogP contribution in [0.15, 0.2) is 53.6 Å². The van der Waals surface area contributed by atoms with Crippen molar-refractivity contribution in [3.8, 4) is 11.4 Å².